The summed E-state index contributed by atoms with van der Waals surface area (Å²) in [5, 5.41) is 4.12. The van der Waals surface area contributed by atoms with E-state index in [2.05, 4.69) is 21.9 Å². The third-order valence-electron chi connectivity index (χ3n) is 3.64. The van der Waals surface area contributed by atoms with Crippen molar-refractivity contribution in [2.24, 2.45) is 7.05 Å². The normalized spacial score (nSPS) is 22.3. The molecule has 1 aromatic heterocycles. The fourth-order valence-corrected chi connectivity index (χ4v) is 2.39. The maximum atomic E-state index is 12.2. The number of aromatic nitrogens is 2. The minimum atomic E-state index is 0.0559. The van der Waals surface area contributed by atoms with Crippen LogP contribution in [-0.4, -0.2) is 65.1 Å². The molecule has 0 N–H and O–H groups in total. The van der Waals surface area contributed by atoms with Crippen LogP contribution < -0.4 is 0 Å². The Morgan fingerprint density at radius 2 is 2.17 bits per heavy atom. The summed E-state index contributed by atoms with van der Waals surface area (Å²) in [6.45, 7) is 2.87. The highest BCUT2D eigenvalue weighted by Gasteiger charge is 2.27. The second-order valence-electron chi connectivity index (χ2n) is 5.25. The minimum Gasteiger partial charge on any atom is -0.303 e. The summed E-state index contributed by atoms with van der Waals surface area (Å²) in [5.74, 6) is 0.341. The van der Waals surface area contributed by atoms with Crippen molar-refractivity contribution in [1.82, 2.24) is 19.6 Å². The summed E-state index contributed by atoms with van der Waals surface area (Å²) < 4.78 is 1.78. The molecule has 0 aromatic carbocycles. The first-order valence-electron chi connectivity index (χ1n) is 6.45. The van der Waals surface area contributed by atoms with Gasteiger partial charge in [-0.2, -0.15) is 5.10 Å². The first-order chi connectivity index (χ1) is 8.56. The van der Waals surface area contributed by atoms with E-state index in [1.54, 1.807) is 4.68 Å². The average Bonchev–Trinajstić information content (AvgIpc) is 2.75. The van der Waals surface area contributed by atoms with Crippen LogP contribution in [0.3, 0.4) is 0 Å². The standard InChI is InChI=1S/C13H22N4O/c1-15-6-7-16(2)12(10-15)13(18)5-4-11-8-14-17(3)9-11/h8-9,12H,4-7,10H2,1-3H3. The van der Waals surface area contributed by atoms with E-state index in [-0.39, 0.29) is 6.04 Å². The molecule has 0 saturated carbocycles. The molecule has 2 heterocycles. The van der Waals surface area contributed by atoms with Crippen molar-refractivity contribution in [3.8, 4) is 0 Å². The first kappa shape index (κ1) is 13.2. The van der Waals surface area contributed by atoms with Crippen LogP contribution in [0.1, 0.15) is 12.0 Å². The van der Waals surface area contributed by atoms with Gasteiger partial charge in [-0.1, -0.05) is 0 Å². The fraction of sp³-hybridized carbons (Fsp3) is 0.692. The van der Waals surface area contributed by atoms with Crippen LogP contribution in [0, 0.1) is 0 Å². The van der Waals surface area contributed by atoms with Crippen LogP contribution >= 0.6 is 0 Å². The molecule has 0 aliphatic carbocycles. The second kappa shape index (κ2) is 5.63. The molecule has 5 heteroatoms. The first-order valence-corrected chi connectivity index (χ1v) is 6.45. The lowest BCUT2D eigenvalue weighted by Crippen LogP contribution is -2.53. The molecule has 100 valence electrons. The van der Waals surface area contributed by atoms with Gasteiger partial charge in [0.2, 0.25) is 0 Å². The molecule has 1 aliphatic heterocycles. The maximum Gasteiger partial charge on any atom is 0.151 e. The largest absolute Gasteiger partial charge is 0.303 e. The number of piperazine rings is 1. The number of rotatable bonds is 4. The molecular weight excluding hydrogens is 228 g/mol. The Kier molecular flexibility index (Phi) is 4.14. The lowest BCUT2D eigenvalue weighted by Gasteiger charge is -2.36. The Bertz CT molecular complexity index is 415. The number of carbonyl (C=O) groups is 1. The minimum absolute atomic E-state index is 0.0559. The van der Waals surface area contributed by atoms with Crippen LogP contribution in [0.4, 0.5) is 0 Å². The molecule has 0 amide bonds. The van der Waals surface area contributed by atoms with Crippen LogP contribution in [0.15, 0.2) is 12.4 Å². The van der Waals surface area contributed by atoms with Crippen molar-refractivity contribution in [2.75, 3.05) is 33.7 Å². The second-order valence-corrected chi connectivity index (χ2v) is 5.25. The highest BCUT2D eigenvalue weighted by Crippen LogP contribution is 2.11. The number of hydrogen-bond donors (Lipinski definition) is 0. The highest BCUT2D eigenvalue weighted by molar-refractivity contribution is 5.84. The summed E-state index contributed by atoms with van der Waals surface area (Å²) in [6.07, 6.45) is 5.21. The molecule has 1 saturated heterocycles. The van der Waals surface area contributed by atoms with Gasteiger partial charge in [0.1, 0.15) is 0 Å². The Morgan fingerprint density at radius 1 is 1.39 bits per heavy atom. The Hall–Kier alpha value is -1.20. The van der Waals surface area contributed by atoms with Crippen molar-refractivity contribution in [3.05, 3.63) is 18.0 Å². The number of aryl methyl sites for hydroxylation is 2. The number of hydrogen-bond acceptors (Lipinski definition) is 4. The molecule has 0 radical (unpaired) electrons. The number of Topliss-reactive ketones (excluding diaryl/α,β-unsaturated/α-hetero) is 1. The van der Waals surface area contributed by atoms with Crippen molar-refractivity contribution >= 4 is 5.78 Å². The molecule has 1 aliphatic rings. The van der Waals surface area contributed by atoms with Gasteiger partial charge >= 0.3 is 0 Å². The van der Waals surface area contributed by atoms with Crippen molar-refractivity contribution in [1.29, 1.82) is 0 Å². The molecule has 5 nitrogen and oxygen atoms in total. The summed E-state index contributed by atoms with van der Waals surface area (Å²) >= 11 is 0. The molecule has 0 bridgehead atoms. The molecule has 0 spiro atoms. The predicted molar refractivity (Wildman–Crippen MR) is 70.5 cm³/mol. The van der Waals surface area contributed by atoms with Gasteiger partial charge < -0.3 is 4.90 Å². The molecule has 1 fully saturated rings. The van der Waals surface area contributed by atoms with Gasteiger partial charge in [-0.3, -0.25) is 14.4 Å². The zero-order chi connectivity index (χ0) is 13.1. The topological polar surface area (TPSA) is 41.4 Å². The van der Waals surface area contributed by atoms with Crippen LogP contribution in [-0.2, 0) is 18.3 Å². The Morgan fingerprint density at radius 3 is 2.83 bits per heavy atom. The van der Waals surface area contributed by atoms with Gasteiger partial charge in [0, 0.05) is 39.3 Å². The van der Waals surface area contributed by atoms with E-state index in [9.17, 15) is 4.79 Å². The smallest absolute Gasteiger partial charge is 0.151 e. The quantitative estimate of drug-likeness (QED) is 0.764. The SMILES string of the molecule is CN1CCN(C)C(C(=O)CCc2cnn(C)c2)C1. The number of ketones is 1. The van der Waals surface area contributed by atoms with Gasteiger partial charge in [0.25, 0.3) is 0 Å². The van der Waals surface area contributed by atoms with Crippen molar-refractivity contribution in [3.63, 3.8) is 0 Å². The van der Waals surface area contributed by atoms with E-state index in [0.717, 1.165) is 31.6 Å². The third-order valence-corrected chi connectivity index (χ3v) is 3.64. The average molecular weight is 250 g/mol. The van der Waals surface area contributed by atoms with Crippen LogP contribution in [0.5, 0.6) is 0 Å². The Balaban J connectivity index is 1.87. The zero-order valence-electron chi connectivity index (χ0n) is 11.5. The molecular formula is C13H22N4O. The maximum absolute atomic E-state index is 12.2. The summed E-state index contributed by atoms with van der Waals surface area (Å²) in [6, 6.07) is 0.0559. The monoisotopic (exact) mass is 250 g/mol. The molecule has 1 aromatic rings. The van der Waals surface area contributed by atoms with Gasteiger partial charge in [-0.15, -0.1) is 0 Å². The molecule has 1 atom stereocenters. The van der Waals surface area contributed by atoms with E-state index < -0.39 is 0 Å². The van der Waals surface area contributed by atoms with Crippen LogP contribution in [0.25, 0.3) is 0 Å². The van der Waals surface area contributed by atoms with Gasteiger partial charge in [-0.25, -0.2) is 0 Å². The van der Waals surface area contributed by atoms with E-state index in [4.69, 9.17) is 0 Å². The number of nitrogens with zero attached hydrogens (tertiary/aromatic N) is 4. The van der Waals surface area contributed by atoms with Crippen molar-refractivity contribution in [2.45, 2.75) is 18.9 Å². The van der Waals surface area contributed by atoms with E-state index in [1.165, 1.54) is 0 Å². The van der Waals surface area contributed by atoms with Gasteiger partial charge in [0.05, 0.1) is 12.2 Å². The summed E-state index contributed by atoms with van der Waals surface area (Å²) in [7, 11) is 6.02. The number of likely N-dealkylation sites (N-methyl/N-ethyl adjacent to an activating group) is 2. The van der Waals surface area contributed by atoms with E-state index >= 15 is 0 Å². The van der Waals surface area contributed by atoms with Gasteiger partial charge in [0.15, 0.2) is 5.78 Å². The highest BCUT2D eigenvalue weighted by atomic mass is 16.1. The predicted octanol–water partition coefficient (Wildman–Crippen LogP) is 0.168. The fourth-order valence-electron chi connectivity index (χ4n) is 2.39. The van der Waals surface area contributed by atoms with Gasteiger partial charge in [-0.05, 0) is 26.1 Å². The van der Waals surface area contributed by atoms with E-state index in [0.29, 0.717) is 12.2 Å². The number of carbonyl (C=O) groups excluding carboxylic acids is 1. The molecule has 2 rings (SSSR count). The lowest BCUT2D eigenvalue weighted by molar-refractivity contribution is -0.125. The zero-order valence-corrected chi connectivity index (χ0v) is 11.5. The summed E-state index contributed by atoms with van der Waals surface area (Å²) in [4.78, 5) is 16.6. The third kappa shape index (κ3) is 3.17. The van der Waals surface area contributed by atoms with Crippen LogP contribution in [0.2, 0.25) is 0 Å². The molecule has 18 heavy (non-hydrogen) atoms. The molecule has 1 unspecified atom stereocenters. The lowest BCUT2D eigenvalue weighted by atomic mass is 10.0. The Labute approximate surface area is 108 Å². The van der Waals surface area contributed by atoms with Crippen molar-refractivity contribution < 1.29 is 4.79 Å². The van der Waals surface area contributed by atoms with E-state index in [1.807, 2.05) is 26.5 Å². The summed E-state index contributed by atoms with van der Waals surface area (Å²) in [5.41, 5.74) is 1.14.